The van der Waals surface area contributed by atoms with Crippen molar-refractivity contribution in [2.75, 3.05) is 13.2 Å². The minimum absolute atomic E-state index is 0.0677. The fourth-order valence-electron chi connectivity index (χ4n) is 0.763. The van der Waals surface area contributed by atoms with Crippen LogP contribution in [0.25, 0.3) is 0 Å². The quantitative estimate of drug-likeness (QED) is 0.229. The molecule has 0 aromatic heterocycles. The van der Waals surface area contributed by atoms with Crippen molar-refractivity contribution in [1.82, 2.24) is 0 Å². The molecule has 84 valence electrons. The fraction of sp³-hybridized carbons (Fsp3) is 0.875. The van der Waals surface area contributed by atoms with Gasteiger partial charge in [-0.1, -0.05) is 19.0 Å². The molecule has 0 spiro atoms. The third-order valence-electron chi connectivity index (χ3n) is 1.92. The average molecular weight is 210 g/mol. The second kappa shape index (κ2) is 5.74. The van der Waals surface area contributed by atoms with Crippen LogP contribution >= 0.6 is 0 Å². The second-order valence-electron chi connectivity index (χ2n) is 3.59. The molecule has 0 radical (unpaired) electrons. The molecule has 0 aliphatic rings. The maximum Gasteiger partial charge on any atom is 0.261 e. The van der Waals surface area contributed by atoms with Gasteiger partial charge in [-0.25, -0.2) is 8.78 Å². The van der Waals surface area contributed by atoms with E-state index < -0.39 is 18.4 Å². The summed E-state index contributed by atoms with van der Waals surface area (Å²) in [6.07, 6.45) is -2.03. The molecule has 0 aliphatic heterocycles. The van der Waals surface area contributed by atoms with Gasteiger partial charge in [0, 0.05) is 12.0 Å². The molecule has 4 nitrogen and oxygen atoms in total. The van der Waals surface area contributed by atoms with E-state index in [1.165, 1.54) is 0 Å². The van der Waals surface area contributed by atoms with Crippen LogP contribution in [0.3, 0.4) is 0 Å². The number of nitrogens with zero attached hydrogens (tertiary/aromatic N) is 1. The SMILES string of the molecule is CC(C)(CCOCC(F)F)C(N)=NO. The monoisotopic (exact) mass is 210 g/mol. The van der Waals surface area contributed by atoms with Gasteiger partial charge in [0.2, 0.25) is 0 Å². The van der Waals surface area contributed by atoms with Crippen molar-refractivity contribution in [3.05, 3.63) is 0 Å². The molecule has 0 rings (SSSR count). The molecular formula is C8H16F2N2O2. The highest BCUT2D eigenvalue weighted by atomic mass is 19.3. The number of hydrogen-bond donors (Lipinski definition) is 2. The van der Waals surface area contributed by atoms with Gasteiger partial charge in [-0.2, -0.15) is 0 Å². The standard InChI is InChI=1S/C8H16F2N2O2/c1-8(2,7(11)12-13)3-4-14-5-6(9)10/h6,13H,3-5H2,1-2H3,(H2,11,12). The number of hydrogen-bond acceptors (Lipinski definition) is 3. The summed E-state index contributed by atoms with van der Waals surface area (Å²) >= 11 is 0. The predicted molar refractivity (Wildman–Crippen MR) is 48.6 cm³/mol. The minimum atomic E-state index is -2.46. The first-order chi connectivity index (χ1) is 6.40. The maximum atomic E-state index is 11.7. The van der Waals surface area contributed by atoms with Gasteiger partial charge in [-0.15, -0.1) is 0 Å². The Balaban J connectivity index is 3.77. The molecule has 0 saturated carbocycles. The molecule has 0 amide bonds. The number of nitrogens with two attached hydrogens (primary N) is 1. The maximum absolute atomic E-state index is 11.7. The van der Waals surface area contributed by atoms with E-state index in [2.05, 4.69) is 9.89 Å². The molecule has 3 N–H and O–H groups in total. The lowest BCUT2D eigenvalue weighted by Crippen LogP contribution is -2.33. The molecule has 0 fully saturated rings. The largest absolute Gasteiger partial charge is 0.409 e. The smallest absolute Gasteiger partial charge is 0.261 e. The van der Waals surface area contributed by atoms with E-state index in [9.17, 15) is 8.78 Å². The molecule has 0 aromatic carbocycles. The van der Waals surface area contributed by atoms with Crippen molar-refractivity contribution in [2.45, 2.75) is 26.7 Å². The Morgan fingerprint density at radius 3 is 2.57 bits per heavy atom. The van der Waals surface area contributed by atoms with Gasteiger partial charge in [-0.05, 0) is 6.42 Å². The predicted octanol–water partition coefficient (Wildman–Crippen LogP) is 1.43. The van der Waals surface area contributed by atoms with Crippen LogP contribution in [-0.4, -0.2) is 30.7 Å². The van der Waals surface area contributed by atoms with Crippen LogP contribution in [0.4, 0.5) is 8.78 Å². The van der Waals surface area contributed by atoms with E-state index in [1.807, 2.05) is 0 Å². The lowest BCUT2D eigenvalue weighted by atomic mass is 9.88. The van der Waals surface area contributed by atoms with Crippen LogP contribution in [0.5, 0.6) is 0 Å². The molecule has 0 saturated heterocycles. The van der Waals surface area contributed by atoms with Crippen molar-refractivity contribution >= 4 is 5.84 Å². The van der Waals surface area contributed by atoms with Crippen LogP contribution in [0.15, 0.2) is 5.16 Å². The summed E-state index contributed by atoms with van der Waals surface area (Å²) in [7, 11) is 0. The molecule has 0 bridgehead atoms. The lowest BCUT2D eigenvalue weighted by Gasteiger charge is -2.22. The number of rotatable bonds is 6. The number of amidine groups is 1. The topological polar surface area (TPSA) is 67.8 Å². The number of ether oxygens (including phenoxy) is 1. The van der Waals surface area contributed by atoms with Gasteiger partial charge in [0.25, 0.3) is 6.43 Å². The third-order valence-corrected chi connectivity index (χ3v) is 1.92. The van der Waals surface area contributed by atoms with Crippen molar-refractivity contribution in [3.63, 3.8) is 0 Å². The van der Waals surface area contributed by atoms with E-state index in [1.54, 1.807) is 13.8 Å². The fourth-order valence-corrected chi connectivity index (χ4v) is 0.763. The van der Waals surface area contributed by atoms with Crippen molar-refractivity contribution in [1.29, 1.82) is 0 Å². The second-order valence-corrected chi connectivity index (χ2v) is 3.59. The van der Waals surface area contributed by atoms with Gasteiger partial charge in [0.15, 0.2) is 0 Å². The highest BCUT2D eigenvalue weighted by Crippen LogP contribution is 2.20. The first-order valence-electron chi connectivity index (χ1n) is 4.24. The minimum Gasteiger partial charge on any atom is -0.409 e. The Kier molecular flexibility index (Phi) is 5.37. The summed E-state index contributed by atoms with van der Waals surface area (Å²) in [6, 6.07) is 0. The molecule has 0 heterocycles. The number of oxime groups is 1. The zero-order valence-electron chi connectivity index (χ0n) is 8.33. The van der Waals surface area contributed by atoms with Crippen LogP contribution in [0.2, 0.25) is 0 Å². The Morgan fingerprint density at radius 2 is 2.14 bits per heavy atom. The third kappa shape index (κ3) is 4.96. The summed E-state index contributed by atoms with van der Waals surface area (Å²) in [5, 5.41) is 11.3. The molecule has 0 aromatic rings. The summed E-state index contributed by atoms with van der Waals surface area (Å²) in [4.78, 5) is 0. The van der Waals surface area contributed by atoms with Crippen LogP contribution in [-0.2, 0) is 4.74 Å². The molecule has 14 heavy (non-hydrogen) atoms. The Labute approximate surface area is 81.7 Å². The summed E-state index contributed by atoms with van der Waals surface area (Å²) < 4.78 is 28.0. The van der Waals surface area contributed by atoms with Crippen LogP contribution < -0.4 is 5.73 Å². The van der Waals surface area contributed by atoms with Crippen molar-refractivity contribution in [3.8, 4) is 0 Å². The molecule has 0 atom stereocenters. The molecule has 0 aliphatic carbocycles. The summed E-state index contributed by atoms with van der Waals surface area (Å²) in [5.74, 6) is 0.0677. The van der Waals surface area contributed by atoms with Gasteiger partial charge in [0.1, 0.15) is 12.4 Å². The van der Waals surface area contributed by atoms with Gasteiger partial charge in [-0.3, -0.25) is 0 Å². The Hall–Kier alpha value is -0.910. The highest BCUT2D eigenvalue weighted by molar-refractivity contribution is 5.85. The van der Waals surface area contributed by atoms with E-state index in [4.69, 9.17) is 10.9 Å². The van der Waals surface area contributed by atoms with Gasteiger partial charge >= 0.3 is 0 Å². The molecular weight excluding hydrogens is 194 g/mol. The lowest BCUT2D eigenvalue weighted by molar-refractivity contribution is 0.0117. The van der Waals surface area contributed by atoms with Crippen molar-refractivity contribution < 1.29 is 18.7 Å². The zero-order chi connectivity index (χ0) is 11.2. The number of halogens is 2. The number of alkyl halides is 2. The van der Waals surface area contributed by atoms with E-state index in [0.717, 1.165) is 0 Å². The van der Waals surface area contributed by atoms with Crippen molar-refractivity contribution in [2.24, 2.45) is 16.3 Å². The molecule has 6 heteroatoms. The summed E-state index contributed by atoms with van der Waals surface area (Å²) in [5.41, 5.74) is 4.84. The first kappa shape index (κ1) is 13.1. The zero-order valence-corrected chi connectivity index (χ0v) is 8.33. The van der Waals surface area contributed by atoms with E-state index in [0.29, 0.717) is 6.42 Å². The van der Waals surface area contributed by atoms with Crippen LogP contribution in [0.1, 0.15) is 20.3 Å². The Bertz CT molecular complexity index is 196. The first-order valence-corrected chi connectivity index (χ1v) is 4.24. The normalized spacial score (nSPS) is 13.6. The average Bonchev–Trinajstić information content (AvgIpc) is 2.10. The van der Waals surface area contributed by atoms with E-state index >= 15 is 0 Å². The Morgan fingerprint density at radius 1 is 1.57 bits per heavy atom. The molecule has 0 unspecified atom stereocenters. The van der Waals surface area contributed by atoms with Crippen LogP contribution in [0, 0.1) is 5.41 Å². The highest BCUT2D eigenvalue weighted by Gasteiger charge is 2.23. The van der Waals surface area contributed by atoms with E-state index in [-0.39, 0.29) is 12.4 Å². The van der Waals surface area contributed by atoms with Gasteiger partial charge < -0.3 is 15.7 Å². The summed E-state index contributed by atoms with van der Waals surface area (Å²) in [6.45, 7) is 3.07. The van der Waals surface area contributed by atoms with Gasteiger partial charge in [0.05, 0.1) is 0 Å².